The molecule has 0 bridgehead atoms. The minimum absolute atomic E-state index is 0.166. The van der Waals surface area contributed by atoms with Crippen LogP contribution in [-0.4, -0.2) is 21.9 Å². The number of nitrogens with one attached hydrogen (secondary N) is 1. The average Bonchev–Trinajstić information content (AvgIpc) is 3.26. The zero-order valence-electron chi connectivity index (χ0n) is 12.6. The van der Waals surface area contributed by atoms with Crippen LogP contribution in [-0.2, 0) is 6.54 Å². The molecular weight excluding hydrogens is 262 g/mol. The Morgan fingerprint density at radius 2 is 2.24 bits per heavy atom. The lowest BCUT2D eigenvalue weighted by molar-refractivity contribution is 0.0990. The third-order valence-corrected chi connectivity index (χ3v) is 4.03. The van der Waals surface area contributed by atoms with Gasteiger partial charge in [-0.2, -0.15) is 0 Å². The van der Waals surface area contributed by atoms with Gasteiger partial charge in [0, 0.05) is 41.9 Å². The molecule has 1 aliphatic rings. The normalized spacial score (nSPS) is 14.4. The number of carbonyl (C=O) groups excluding carboxylic acids is 1. The quantitative estimate of drug-likeness (QED) is 0.829. The molecule has 4 nitrogen and oxygen atoms in total. The second-order valence-corrected chi connectivity index (χ2v) is 5.77. The number of hydrogen-bond acceptors (Lipinski definition) is 3. The molecule has 0 spiro atoms. The van der Waals surface area contributed by atoms with Gasteiger partial charge in [-0.1, -0.05) is 6.07 Å². The van der Waals surface area contributed by atoms with Crippen molar-refractivity contribution >= 4 is 5.78 Å². The molecule has 0 atom stereocenters. The lowest BCUT2D eigenvalue weighted by atomic mass is 10.1. The van der Waals surface area contributed by atoms with Crippen LogP contribution < -0.4 is 5.32 Å². The molecule has 1 saturated carbocycles. The summed E-state index contributed by atoms with van der Waals surface area (Å²) in [5, 5.41) is 3.20. The number of aryl methyl sites for hydroxylation is 1. The summed E-state index contributed by atoms with van der Waals surface area (Å²) in [6.45, 7) is 5.18. The molecule has 0 unspecified atom stereocenters. The van der Waals surface area contributed by atoms with Crippen molar-refractivity contribution in [2.45, 2.75) is 39.3 Å². The molecular formula is C17H21N3O. The number of nitrogens with zero attached hydrogens (tertiary/aromatic N) is 2. The van der Waals surface area contributed by atoms with Gasteiger partial charge in [-0.25, -0.2) is 0 Å². The molecule has 4 heteroatoms. The molecule has 1 aliphatic carbocycles. The maximum absolute atomic E-state index is 12.4. The van der Waals surface area contributed by atoms with Crippen LogP contribution in [0.5, 0.6) is 0 Å². The van der Waals surface area contributed by atoms with Crippen molar-refractivity contribution in [3.05, 3.63) is 53.1 Å². The summed E-state index contributed by atoms with van der Waals surface area (Å²) in [4.78, 5) is 16.4. The molecule has 2 heterocycles. The molecule has 0 aromatic carbocycles. The first-order valence-electron chi connectivity index (χ1n) is 7.48. The van der Waals surface area contributed by atoms with E-state index < -0.39 is 0 Å². The molecule has 2 aromatic rings. The fraction of sp³-hybridized carbons (Fsp3) is 0.412. The Hall–Kier alpha value is -1.94. The van der Waals surface area contributed by atoms with Crippen LogP contribution in [0.15, 0.2) is 30.6 Å². The third kappa shape index (κ3) is 3.05. The largest absolute Gasteiger partial charge is 0.345 e. The minimum atomic E-state index is 0.166. The highest BCUT2D eigenvalue weighted by Gasteiger charge is 2.28. The van der Waals surface area contributed by atoms with E-state index in [2.05, 4.69) is 28.7 Å². The van der Waals surface area contributed by atoms with E-state index in [0.717, 1.165) is 16.8 Å². The summed E-state index contributed by atoms with van der Waals surface area (Å²) in [5.74, 6) is 0.166. The Morgan fingerprint density at radius 3 is 2.90 bits per heavy atom. The van der Waals surface area contributed by atoms with E-state index in [9.17, 15) is 4.79 Å². The van der Waals surface area contributed by atoms with Crippen molar-refractivity contribution in [2.75, 3.05) is 6.54 Å². The lowest BCUT2D eigenvalue weighted by Gasteiger charge is -2.08. The second-order valence-electron chi connectivity index (χ2n) is 5.77. The van der Waals surface area contributed by atoms with E-state index in [4.69, 9.17) is 0 Å². The molecule has 1 N–H and O–H groups in total. The van der Waals surface area contributed by atoms with E-state index in [0.29, 0.717) is 19.1 Å². The SMILES string of the molecule is Cc1cc(C(=O)CNCc2cccnc2)c(C)n1C1CC1. The number of hydrogen-bond donors (Lipinski definition) is 1. The summed E-state index contributed by atoms with van der Waals surface area (Å²) in [6.07, 6.45) is 6.05. The van der Waals surface area contributed by atoms with Crippen molar-refractivity contribution in [1.29, 1.82) is 0 Å². The zero-order valence-corrected chi connectivity index (χ0v) is 12.6. The van der Waals surface area contributed by atoms with Crippen molar-refractivity contribution in [2.24, 2.45) is 0 Å². The molecule has 21 heavy (non-hydrogen) atoms. The van der Waals surface area contributed by atoms with E-state index in [1.807, 2.05) is 24.4 Å². The lowest BCUT2D eigenvalue weighted by Crippen LogP contribution is -2.23. The van der Waals surface area contributed by atoms with Gasteiger partial charge in [0.15, 0.2) is 5.78 Å². The van der Waals surface area contributed by atoms with Crippen molar-refractivity contribution in [1.82, 2.24) is 14.9 Å². The fourth-order valence-electron chi connectivity index (χ4n) is 2.87. The van der Waals surface area contributed by atoms with Gasteiger partial charge in [-0.3, -0.25) is 9.78 Å². The number of rotatable bonds is 6. The molecule has 1 fully saturated rings. The van der Waals surface area contributed by atoms with Crippen LogP contribution in [0.3, 0.4) is 0 Å². The van der Waals surface area contributed by atoms with Gasteiger partial charge in [0.1, 0.15) is 0 Å². The van der Waals surface area contributed by atoms with Gasteiger partial charge in [0.2, 0.25) is 0 Å². The van der Waals surface area contributed by atoms with Crippen molar-refractivity contribution in [3.8, 4) is 0 Å². The molecule has 2 aromatic heterocycles. The number of pyridine rings is 1. The molecule has 0 radical (unpaired) electrons. The Kier molecular flexibility index (Phi) is 3.88. The summed E-state index contributed by atoms with van der Waals surface area (Å²) in [7, 11) is 0. The topological polar surface area (TPSA) is 46.9 Å². The average molecular weight is 283 g/mol. The van der Waals surface area contributed by atoms with E-state index >= 15 is 0 Å². The molecule has 0 amide bonds. The van der Waals surface area contributed by atoms with Gasteiger partial charge < -0.3 is 9.88 Å². The number of carbonyl (C=O) groups is 1. The highest BCUT2D eigenvalue weighted by molar-refractivity contribution is 5.99. The Balaban J connectivity index is 1.62. The maximum Gasteiger partial charge on any atom is 0.178 e. The summed E-state index contributed by atoms with van der Waals surface area (Å²) in [5.41, 5.74) is 4.26. The number of aromatic nitrogens is 2. The molecule has 0 aliphatic heterocycles. The molecule has 0 saturated heterocycles. The zero-order chi connectivity index (χ0) is 14.8. The molecule has 110 valence electrons. The van der Waals surface area contributed by atoms with Gasteiger partial charge >= 0.3 is 0 Å². The van der Waals surface area contributed by atoms with Crippen LogP contribution in [0.25, 0.3) is 0 Å². The minimum Gasteiger partial charge on any atom is -0.345 e. The first-order chi connectivity index (χ1) is 10.2. The Bertz CT molecular complexity index is 642. The third-order valence-electron chi connectivity index (χ3n) is 4.03. The first kappa shape index (κ1) is 14.0. The highest BCUT2D eigenvalue weighted by Crippen LogP contribution is 2.38. The Morgan fingerprint density at radius 1 is 1.43 bits per heavy atom. The standard InChI is InChI=1S/C17H21N3O/c1-12-8-16(13(2)20(12)15-5-6-15)17(21)11-19-10-14-4-3-7-18-9-14/h3-4,7-9,15,19H,5-6,10-11H2,1-2H3. The maximum atomic E-state index is 12.4. The predicted octanol–water partition coefficient (Wildman–Crippen LogP) is 2.81. The highest BCUT2D eigenvalue weighted by atomic mass is 16.1. The number of Topliss-reactive ketones (excluding diaryl/α,β-unsaturated/α-hetero) is 1. The van der Waals surface area contributed by atoms with Gasteiger partial charge in [-0.15, -0.1) is 0 Å². The van der Waals surface area contributed by atoms with E-state index in [1.54, 1.807) is 6.20 Å². The van der Waals surface area contributed by atoms with Crippen LogP contribution in [0.4, 0.5) is 0 Å². The first-order valence-corrected chi connectivity index (χ1v) is 7.48. The van der Waals surface area contributed by atoms with E-state index in [1.165, 1.54) is 18.5 Å². The number of ketones is 1. The molecule has 3 rings (SSSR count). The van der Waals surface area contributed by atoms with Gasteiger partial charge in [0.25, 0.3) is 0 Å². The summed E-state index contributed by atoms with van der Waals surface area (Å²) >= 11 is 0. The van der Waals surface area contributed by atoms with Crippen LogP contribution in [0.1, 0.15) is 46.2 Å². The fourth-order valence-corrected chi connectivity index (χ4v) is 2.87. The second kappa shape index (κ2) is 5.82. The van der Waals surface area contributed by atoms with Gasteiger partial charge in [-0.05, 0) is 44.4 Å². The smallest absolute Gasteiger partial charge is 0.178 e. The van der Waals surface area contributed by atoms with Gasteiger partial charge in [0.05, 0.1) is 6.54 Å². The van der Waals surface area contributed by atoms with Crippen molar-refractivity contribution in [3.63, 3.8) is 0 Å². The monoisotopic (exact) mass is 283 g/mol. The van der Waals surface area contributed by atoms with Crippen LogP contribution in [0.2, 0.25) is 0 Å². The Labute approximate surface area is 125 Å². The summed E-state index contributed by atoms with van der Waals surface area (Å²) < 4.78 is 2.31. The van der Waals surface area contributed by atoms with E-state index in [-0.39, 0.29) is 5.78 Å². The van der Waals surface area contributed by atoms with Crippen molar-refractivity contribution < 1.29 is 4.79 Å². The van der Waals surface area contributed by atoms with Crippen LogP contribution in [0, 0.1) is 13.8 Å². The summed E-state index contributed by atoms with van der Waals surface area (Å²) in [6, 6.07) is 6.56. The van der Waals surface area contributed by atoms with Crippen LogP contribution >= 0.6 is 0 Å². The predicted molar refractivity (Wildman–Crippen MR) is 82.5 cm³/mol.